The number of ether oxygens (including phenoxy) is 6. The van der Waals surface area contributed by atoms with E-state index in [1.165, 1.54) is 14.0 Å². The molecule has 0 aliphatic carbocycles. The summed E-state index contributed by atoms with van der Waals surface area (Å²) in [7, 11) is 4.68. The van der Waals surface area contributed by atoms with Crippen molar-refractivity contribution in [2.24, 2.45) is 0 Å². The van der Waals surface area contributed by atoms with Gasteiger partial charge in [0.25, 0.3) is 0 Å². The molecule has 0 unspecified atom stereocenters. The third-order valence-electron chi connectivity index (χ3n) is 4.90. The number of carbonyl (C=O) groups is 1. The van der Waals surface area contributed by atoms with Gasteiger partial charge in [-0.3, -0.25) is 4.79 Å². The van der Waals surface area contributed by atoms with E-state index in [1.807, 2.05) is 26.0 Å². The molecule has 0 amide bonds. The van der Waals surface area contributed by atoms with E-state index < -0.39 is 17.7 Å². The number of rotatable bonds is 7. The SMILES string of the molecule is COc1nc2c3c(ccc2c(OC)c1C[C@@H](OC(C)=O)C(C)(C)OC)OCO3. The number of hydrogen-bond donors (Lipinski definition) is 0. The van der Waals surface area contributed by atoms with E-state index in [0.29, 0.717) is 40.6 Å². The van der Waals surface area contributed by atoms with Gasteiger partial charge in [-0.15, -0.1) is 0 Å². The highest BCUT2D eigenvalue weighted by Crippen LogP contribution is 2.45. The van der Waals surface area contributed by atoms with Crippen LogP contribution < -0.4 is 18.9 Å². The van der Waals surface area contributed by atoms with Crippen LogP contribution in [-0.2, 0) is 20.7 Å². The molecule has 2 aromatic rings. The molecule has 0 N–H and O–H groups in total. The van der Waals surface area contributed by atoms with Crippen LogP contribution in [0.5, 0.6) is 23.1 Å². The predicted molar refractivity (Wildman–Crippen MR) is 101 cm³/mol. The second kappa shape index (κ2) is 7.71. The molecule has 1 aliphatic rings. The van der Waals surface area contributed by atoms with Crippen molar-refractivity contribution in [2.45, 2.75) is 38.9 Å². The minimum Gasteiger partial charge on any atom is -0.496 e. The lowest BCUT2D eigenvalue weighted by Gasteiger charge is -2.33. The summed E-state index contributed by atoms with van der Waals surface area (Å²) < 4.78 is 33.4. The summed E-state index contributed by atoms with van der Waals surface area (Å²) >= 11 is 0. The molecule has 3 rings (SSSR count). The van der Waals surface area contributed by atoms with Crippen LogP contribution in [0, 0.1) is 0 Å². The second-order valence-electron chi connectivity index (χ2n) is 6.94. The number of esters is 1. The van der Waals surface area contributed by atoms with E-state index in [4.69, 9.17) is 28.4 Å². The van der Waals surface area contributed by atoms with Gasteiger partial charge in [0, 0.05) is 25.8 Å². The lowest BCUT2D eigenvalue weighted by molar-refractivity contribution is -0.162. The normalized spacial score (nSPS) is 14.1. The Bertz CT molecular complexity index is 894. The average molecular weight is 391 g/mol. The van der Waals surface area contributed by atoms with E-state index in [2.05, 4.69) is 4.98 Å². The van der Waals surface area contributed by atoms with Gasteiger partial charge in [0.1, 0.15) is 17.4 Å². The monoisotopic (exact) mass is 391 g/mol. The van der Waals surface area contributed by atoms with E-state index >= 15 is 0 Å². The van der Waals surface area contributed by atoms with Gasteiger partial charge in [0.05, 0.1) is 25.4 Å². The van der Waals surface area contributed by atoms with Crippen LogP contribution >= 0.6 is 0 Å². The smallest absolute Gasteiger partial charge is 0.303 e. The summed E-state index contributed by atoms with van der Waals surface area (Å²) in [5.41, 5.74) is 0.529. The Morgan fingerprint density at radius 2 is 1.96 bits per heavy atom. The topological polar surface area (TPSA) is 85.3 Å². The minimum atomic E-state index is -0.731. The summed E-state index contributed by atoms with van der Waals surface area (Å²) in [6.07, 6.45) is -0.282. The lowest BCUT2D eigenvalue weighted by Crippen LogP contribution is -2.42. The third kappa shape index (κ3) is 3.52. The molecule has 1 aromatic heterocycles. The molecular formula is C20H25NO7. The molecule has 0 fully saturated rings. The number of benzene rings is 1. The molecule has 2 heterocycles. The van der Waals surface area contributed by atoms with Gasteiger partial charge in [-0.05, 0) is 26.0 Å². The Labute approximate surface area is 163 Å². The molecule has 0 spiro atoms. The third-order valence-corrected chi connectivity index (χ3v) is 4.90. The molecule has 0 radical (unpaired) electrons. The molecule has 8 nitrogen and oxygen atoms in total. The maximum absolute atomic E-state index is 11.7. The van der Waals surface area contributed by atoms with Gasteiger partial charge in [-0.1, -0.05) is 0 Å². The Morgan fingerprint density at radius 1 is 1.21 bits per heavy atom. The fourth-order valence-electron chi connectivity index (χ4n) is 3.21. The van der Waals surface area contributed by atoms with E-state index in [9.17, 15) is 4.79 Å². The quantitative estimate of drug-likeness (QED) is 0.666. The van der Waals surface area contributed by atoms with Crippen molar-refractivity contribution >= 4 is 16.9 Å². The van der Waals surface area contributed by atoms with Crippen molar-refractivity contribution in [3.05, 3.63) is 17.7 Å². The molecule has 152 valence electrons. The largest absolute Gasteiger partial charge is 0.496 e. The van der Waals surface area contributed by atoms with E-state index in [0.717, 1.165) is 5.39 Å². The Kier molecular flexibility index (Phi) is 5.51. The zero-order chi connectivity index (χ0) is 20.5. The number of carbonyl (C=O) groups excluding carboxylic acids is 1. The lowest BCUT2D eigenvalue weighted by atomic mass is 9.93. The molecule has 0 saturated heterocycles. The highest BCUT2D eigenvalue weighted by molar-refractivity contribution is 5.94. The maximum atomic E-state index is 11.7. The number of fused-ring (bicyclic) bond motifs is 3. The molecule has 1 aromatic carbocycles. The first-order chi connectivity index (χ1) is 13.3. The maximum Gasteiger partial charge on any atom is 0.303 e. The van der Waals surface area contributed by atoms with Gasteiger partial charge in [0.15, 0.2) is 11.5 Å². The van der Waals surface area contributed by atoms with Crippen LogP contribution in [0.3, 0.4) is 0 Å². The summed E-state index contributed by atoms with van der Waals surface area (Å²) in [6.45, 7) is 5.21. The van der Waals surface area contributed by atoms with Crippen LogP contribution in [-0.4, -0.2) is 50.8 Å². The van der Waals surface area contributed by atoms with Crippen molar-refractivity contribution in [3.8, 4) is 23.1 Å². The molecule has 1 aliphatic heterocycles. The summed E-state index contributed by atoms with van der Waals surface area (Å²) in [6, 6.07) is 3.67. The second-order valence-corrected chi connectivity index (χ2v) is 6.94. The first kappa shape index (κ1) is 20.0. The van der Waals surface area contributed by atoms with Gasteiger partial charge < -0.3 is 28.4 Å². The van der Waals surface area contributed by atoms with E-state index in [-0.39, 0.29) is 6.79 Å². The number of pyridine rings is 1. The number of nitrogens with zero attached hydrogens (tertiary/aromatic N) is 1. The average Bonchev–Trinajstić information content (AvgIpc) is 3.15. The Balaban J connectivity index is 2.16. The number of methoxy groups -OCH3 is 3. The van der Waals surface area contributed by atoms with Crippen molar-refractivity contribution < 1.29 is 33.2 Å². The summed E-state index contributed by atoms with van der Waals surface area (Å²) in [5, 5.41) is 0.749. The fraction of sp³-hybridized carbons (Fsp3) is 0.500. The van der Waals surface area contributed by atoms with Crippen LogP contribution in [0.4, 0.5) is 0 Å². The summed E-state index contributed by atoms with van der Waals surface area (Å²) in [5.74, 6) is 1.70. The zero-order valence-corrected chi connectivity index (χ0v) is 17.0. The molecule has 8 heteroatoms. The highest BCUT2D eigenvalue weighted by atomic mass is 16.7. The molecule has 1 atom stereocenters. The van der Waals surface area contributed by atoms with Crippen LogP contribution in [0.1, 0.15) is 26.3 Å². The van der Waals surface area contributed by atoms with Crippen molar-refractivity contribution in [1.82, 2.24) is 4.98 Å². The standard InChI is InChI=1S/C20H25NO7/c1-11(22)28-15(20(2,3)25-6)9-13-17(23-4)12-7-8-14-18(27-10-26-14)16(12)21-19(13)24-5/h7-8,15H,9-10H2,1-6H3/t15-/m1/s1. The molecule has 28 heavy (non-hydrogen) atoms. The Hall–Kier alpha value is -2.74. The van der Waals surface area contributed by atoms with Crippen molar-refractivity contribution in [1.29, 1.82) is 0 Å². The molecule has 0 saturated carbocycles. The van der Waals surface area contributed by atoms with Gasteiger partial charge in [-0.25, -0.2) is 4.98 Å². The number of aromatic nitrogens is 1. The van der Waals surface area contributed by atoms with Crippen molar-refractivity contribution in [2.75, 3.05) is 28.1 Å². The van der Waals surface area contributed by atoms with Crippen molar-refractivity contribution in [3.63, 3.8) is 0 Å². The zero-order valence-electron chi connectivity index (χ0n) is 17.0. The van der Waals surface area contributed by atoms with Gasteiger partial charge >= 0.3 is 5.97 Å². The van der Waals surface area contributed by atoms with Crippen LogP contribution in [0.15, 0.2) is 12.1 Å². The van der Waals surface area contributed by atoms with Gasteiger partial charge in [0.2, 0.25) is 12.7 Å². The number of hydrogen-bond acceptors (Lipinski definition) is 8. The summed E-state index contributed by atoms with van der Waals surface area (Å²) in [4.78, 5) is 16.3. The first-order valence-electron chi connectivity index (χ1n) is 8.88. The molecule has 0 bridgehead atoms. The highest BCUT2D eigenvalue weighted by Gasteiger charge is 2.35. The minimum absolute atomic E-state index is 0.138. The fourth-order valence-corrected chi connectivity index (χ4v) is 3.21. The van der Waals surface area contributed by atoms with Gasteiger partial charge in [-0.2, -0.15) is 0 Å². The van der Waals surface area contributed by atoms with E-state index in [1.54, 1.807) is 14.2 Å². The Morgan fingerprint density at radius 3 is 2.57 bits per heavy atom. The molecular weight excluding hydrogens is 366 g/mol. The predicted octanol–water partition coefficient (Wildman–Crippen LogP) is 2.88. The van der Waals surface area contributed by atoms with Crippen LogP contribution in [0.25, 0.3) is 10.9 Å². The first-order valence-corrected chi connectivity index (χ1v) is 8.88. The van der Waals surface area contributed by atoms with Crippen LogP contribution in [0.2, 0.25) is 0 Å².